The third-order valence-electron chi connectivity index (χ3n) is 2.62. The fourth-order valence-electron chi connectivity index (χ4n) is 1.43. The highest BCUT2D eigenvalue weighted by molar-refractivity contribution is 7.99. The van der Waals surface area contributed by atoms with Crippen LogP contribution < -0.4 is 0 Å². The smallest absolute Gasteiger partial charge is 0.342 e. The lowest BCUT2D eigenvalue weighted by Gasteiger charge is -2.30. The van der Waals surface area contributed by atoms with E-state index < -0.39 is 11.7 Å². The molecule has 0 saturated carbocycles. The van der Waals surface area contributed by atoms with Crippen molar-refractivity contribution < 1.29 is 18.0 Å². The first-order chi connectivity index (χ1) is 8.47. The summed E-state index contributed by atoms with van der Waals surface area (Å²) in [7, 11) is 0. The average Bonchev–Trinajstić information content (AvgIpc) is 2.23. The molecule has 1 fully saturated rings. The van der Waals surface area contributed by atoms with E-state index >= 15 is 0 Å². The third kappa shape index (κ3) is 3.16. The van der Waals surface area contributed by atoms with Crippen LogP contribution in [-0.4, -0.2) is 34.6 Å². The molecular formula is C11H11F3N2OS. The number of pyridine rings is 1. The summed E-state index contributed by atoms with van der Waals surface area (Å²) in [6.45, 7) is 1.56. The van der Waals surface area contributed by atoms with E-state index in [9.17, 15) is 18.0 Å². The van der Waals surface area contributed by atoms with Gasteiger partial charge in [-0.1, -0.05) is 11.8 Å². The number of rotatable bonds is 3. The van der Waals surface area contributed by atoms with Crippen molar-refractivity contribution in [2.45, 2.75) is 17.6 Å². The van der Waals surface area contributed by atoms with E-state index in [1.54, 1.807) is 4.90 Å². The summed E-state index contributed by atoms with van der Waals surface area (Å²) in [6.07, 6.45) is -2.56. The molecule has 0 aliphatic carbocycles. The minimum atomic E-state index is -4.37. The minimum Gasteiger partial charge on any atom is -0.342 e. The molecule has 0 radical (unpaired) electrons. The summed E-state index contributed by atoms with van der Waals surface area (Å²) in [5.41, 5.74) is -0.777. The van der Waals surface area contributed by atoms with Crippen LogP contribution in [0.1, 0.15) is 12.0 Å². The Morgan fingerprint density at radius 1 is 1.39 bits per heavy atom. The Morgan fingerprint density at radius 3 is 2.56 bits per heavy atom. The maximum Gasteiger partial charge on any atom is 0.417 e. The summed E-state index contributed by atoms with van der Waals surface area (Å²) in [5.74, 6) is 0.228. The fourth-order valence-corrected chi connectivity index (χ4v) is 2.17. The number of halogens is 3. The summed E-state index contributed by atoms with van der Waals surface area (Å²) >= 11 is 1.16. The predicted octanol–water partition coefficient (Wildman–Crippen LogP) is 2.42. The molecule has 1 aliphatic rings. The molecule has 1 aliphatic heterocycles. The van der Waals surface area contributed by atoms with Gasteiger partial charge < -0.3 is 4.90 Å². The monoisotopic (exact) mass is 276 g/mol. The zero-order chi connectivity index (χ0) is 13.2. The zero-order valence-electron chi connectivity index (χ0n) is 9.41. The van der Waals surface area contributed by atoms with Gasteiger partial charge in [-0.3, -0.25) is 4.79 Å². The number of likely N-dealkylation sites (tertiary alicyclic amines) is 1. The zero-order valence-corrected chi connectivity index (χ0v) is 10.2. The topological polar surface area (TPSA) is 33.2 Å². The van der Waals surface area contributed by atoms with Gasteiger partial charge in [0, 0.05) is 19.3 Å². The van der Waals surface area contributed by atoms with Crippen LogP contribution in [0.2, 0.25) is 0 Å². The van der Waals surface area contributed by atoms with Crippen LogP contribution in [-0.2, 0) is 11.0 Å². The van der Waals surface area contributed by atoms with Gasteiger partial charge in [0.15, 0.2) is 0 Å². The van der Waals surface area contributed by atoms with E-state index in [2.05, 4.69) is 4.98 Å². The second-order valence-corrected chi connectivity index (χ2v) is 4.90. The first-order valence-corrected chi connectivity index (χ1v) is 6.39. The lowest BCUT2D eigenvalue weighted by Crippen LogP contribution is -2.43. The van der Waals surface area contributed by atoms with Gasteiger partial charge in [0.2, 0.25) is 5.91 Å². The second kappa shape index (κ2) is 5.17. The van der Waals surface area contributed by atoms with Crippen molar-refractivity contribution in [1.29, 1.82) is 0 Å². The fraction of sp³-hybridized carbons (Fsp3) is 0.455. The molecule has 0 atom stereocenters. The van der Waals surface area contributed by atoms with Gasteiger partial charge in [-0.15, -0.1) is 0 Å². The SMILES string of the molecule is O=C(CSc1ccc(C(F)(F)F)cn1)N1CCC1. The molecule has 7 heteroatoms. The number of amides is 1. The molecule has 1 amide bonds. The molecule has 2 rings (SSSR count). The van der Waals surface area contributed by atoms with Crippen LogP contribution in [0.5, 0.6) is 0 Å². The number of aromatic nitrogens is 1. The number of alkyl halides is 3. The molecule has 1 aromatic rings. The lowest BCUT2D eigenvalue weighted by atomic mass is 10.2. The number of carbonyl (C=O) groups excluding carboxylic acids is 1. The highest BCUT2D eigenvalue weighted by Gasteiger charge is 2.30. The van der Waals surface area contributed by atoms with Crippen molar-refractivity contribution in [3.8, 4) is 0 Å². The Hall–Kier alpha value is -1.24. The van der Waals surface area contributed by atoms with Crippen molar-refractivity contribution in [2.75, 3.05) is 18.8 Å². The van der Waals surface area contributed by atoms with Gasteiger partial charge in [-0.2, -0.15) is 13.2 Å². The molecule has 98 valence electrons. The molecule has 0 unspecified atom stereocenters. The Kier molecular flexibility index (Phi) is 3.79. The predicted molar refractivity (Wildman–Crippen MR) is 61.2 cm³/mol. The molecule has 18 heavy (non-hydrogen) atoms. The third-order valence-corrected chi connectivity index (χ3v) is 3.54. The van der Waals surface area contributed by atoms with Crippen LogP contribution in [0.25, 0.3) is 0 Å². The Bertz CT molecular complexity index is 429. The normalized spacial score (nSPS) is 15.4. The summed E-state index contributed by atoms with van der Waals surface area (Å²) < 4.78 is 36.9. The van der Waals surface area contributed by atoms with Crippen LogP contribution in [0, 0.1) is 0 Å². The molecule has 0 bridgehead atoms. The van der Waals surface area contributed by atoms with Gasteiger partial charge in [-0.05, 0) is 18.6 Å². The molecule has 3 nitrogen and oxygen atoms in total. The first kappa shape index (κ1) is 13.2. The van der Waals surface area contributed by atoms with Gasteiger partial charge in [0.1, 0.15) is 0 Å². The quantitative estimate of drug-likeness (QED) is 0.795. The van der Waals surface area contributed by atoms with Crippen molar-refractivity contribution in [3.05, 3.63) is 23.9 Å². The van der Waals surface area contributed by atoms with Gasteiger partial charge >= 0.3 is 6.18 Å². The molecular weight excluding hydrogens is 265 g/mol. The Morgan fingerprint density at radius 2 is 2.11 bits per heavy atom. The standard InChI is InChI=1S/C11H11F3N2OS/c12-11(13,14)8-2-3-9(15-6-8)18-7-10(17)16-4-1-5-16/h2-3,6H,1,4-5,7H2. The summed E-state index contributed by atoms with van der Waals surface area (Å²) in [5, 5.41) is 0.428. The van der Waals surface area contributed by atoms with Crippen molar-refractivity contribution >= 4 is 17.7 Å². The second-order valence-electron chi connectivity index (χ2n) is 3.91. The largest absolute Gasteiger partial charge is 0.417 e. The van der Waals surface area contributed by atoms with Gasteiger partial charge in [0.25, 0.3) is 0 Å². The van der Waals surface area contributed by atoms with Crippen molar-refractivity contribution in [1.82, 2.24) is 9.88 Å². The Balaban J connectivity index is 1.88. The van der Waals surface area contributed by atoms with E-state index in [4.69, 9.17) is 0 Å². The first-order valence-electron chi connectivity index (χ1n) is 5.40. The highest BCUT2D eigenvalue weighted by Crippen LogP contribution is 2.29. The highest BCUT2D eigenvalue weighted by atomic mass is 32.2. The molecule has 0 aromatic carbocycles. The minimum absolute atomic E-state index is 0.00736. The number of thioether (sulfide) groups is 1. The number of carbonyl (C=O) groups is 1. The van der Waals surface area contributed by atoms with E-state index in [1.165, 1.54) is 6.07 Å². The number of hydrogen-bond donors (Lipinski definition) is 0. The van der Waals surface area contributed by atoms with Crippen LogP contribution in [0.3, 0.4) is 0 Å². The molecule has 0 N–H and O–H groups in total. The van der Waals surface area contributed by atoms with E-state index in [1.807, 2.05) is 0 Å². The van der Waals surface area contributed by atoms with Crippen LogP contribution in [0.4, 0.5) is 13.2 Å². The van der Waals surface area contributed by atoms with Gasteiger partial charge in [0.05, 0.1) is 16.3 Å². The molecule has 1 saturated heterocycles. The lowest BCUT2D eigenvalue weighted by molar-refractivity contribution is -0.138. The van der Waals surface area contributed by atoms with E-state index in [-0.39, 0.29) is 11.7 Å². The maximum atomic E-state index is 12.3. The molecule has 1 aromatic heterocycles. The number of hydrogen-bond acceptors (Lipinski definition) is 3. The van der Waals surface area contributed by atoms with Crippen molar-refractivity contribution in [2.24, 2.45) is 0 Å². The maximum absolute atomic E-state index is 12.3. The summed E-state index contributed by atoms with van der Waals surface area (Å²) in [4.78, 5) is 16.9. The number of nitrogens with zero attached hydrogens (tertiary/aromatic N) is 2. The van der Waals surface area contributed by atoms with E-state index in [0.29, 0.717) is 5.03 Å². The van der Waals surface area contributed by atoms with Gasteiger partial charge in [-0.25, -0.2) is 4.98 Å². The Labute approximate surface area is 106 Å². The average molecular weight is 276 g/mol. The molecule has 0 spiro atoms. The van der Waals surface area contributed by atoms with Crippen LogP contribution in [0.15, 0.2) is 23.4 Å². The van der Waals surface area contributed by atoms with Crippen LogP contribution >= 0.6 is 11.8 Å². The summed E-state index contributed by atoms with van der Waals surface area (Å²) in [6, 6.07) is 2.26. The van der Waals surface area contributed by atoms with Crippen molar-refractivity contribution in [3.63, 3.8) is 0 Å². The molecule has 2 heterocycles. The van der Waals surface area contributed by atoms with E-state index in [0.717, 1.165) is 43.5 Å².